The van der Waals surface area contributed by atoms with Gasteiger partial charge in [0.1, 0.15) is 10.7 Å². The summed E-state index contributed by atoms with van der Waals surface area (Å²) in [7, 11) is 1.64. The second-order valence-electron chi connectivity index (χ2n) is 5.44. The lowest BCUT2D eigenvalue weighted by Crippen LogP contribution is -2.34. The number of ether oxygens (including phenoxy) is 1. The number of aromatic nitrogens is 1. The Kier molecular flexibility index (Phi) is 7.65. The van der Waals surface area contributed by atoms with Crippen LogP contribution >= 0.6 is 12.2 Å². The summed E-state index contributed by atoms with van der Waals surface area (Å²) in [6.07, 6.45) is 0. The molecule has 0 saturated carbocycles. The summed E-state index contributed by atoms with van der Waals surface area (Å²) >= 11 is 5.43. The molecule has 0 atom stereocenters. The molecule has 1 aromatic heterocycles. The summed E-state index contributed by atoms with van der Waals surface area (Å²) < 4.78 is 5.26. The summed E-state index contributed by atoms with van der Waals surface area (Å²) in [6, 6.07) is 8.12. The zero-order valence-corrected chi connectivity index (χ0v) is 16.2. The number of nitrogens with zero attached hydrogens (tertiary/aromatic N) is 1. The average molecular weight is 346 g/mol. The van der Waals surface area contributed by atoms with Crippen molar-refractivity contribution in [3.8, 4) is 5.75 Å². The third kappa shape index (κ3) is 5.20. The summed E-state index contributed by atoms with van der Waals surface area (Å²) in [5.74, 6) is 1.45. The first-order valence-electron chi connectivity index (χ1n) is 8.13. The Hall–Kier alpha value is -2.14. The van der Waals surface area contributed by atoms with Crippen molar-refractivity contribution in [3.63, 3.8) is 0 Å². The Bertz CT molecular complexity index is 726. The van der Waals surface area contributed by atoms with Crippen molar-refractivity contribution < 1.29 is 4.74 Å². The van der Waals surface area contributed by atoms with Gasteiger partial charge in [-0.2, -0.15) is 0 Å². The van der Waals surface area contributed by atoms with Crippen molar-refractivity contribution in [1.82, 2.24) is 15.6 Å². The lowest BCUT2D eigenvalue weighted by Gasteiger charge is -2.16. The maximum Gasteiger partial charge on any atom is 0.130 e. The average Bonchev–Trinajstić information content (AvgIpc) is 2.55. The molecule has 0 radical (unpaired) electrons. The van der Waals surface area contributed by atoms with Gasteiger partial charge >= 0.3 is 0 Å². The molecule has 2 rings (SSSR count). The van der Waals surface area contributed by atoms with E-state index in [1.54, 1.807) is 7.11 Å². The molecule has 130 valence electrons. The standard InChI is InChI=1S/C17H21N3OS.C2H6/c1-10(2)18-12(4)19-17(22)16-8-11(3)14-7-6-13(21-5)9-15(14)20-16;1-2/h6-10,18H,4H2,1-3,5H3,(H,19,22);1-2H3. The van der Waals surface area contributed by atoms with Gasteiger partial charge in [0.15, 0.2) is 0 Å². The summed E-state index contributed by atoms with van der Waals surface area (Å²) in [5, 5.41) is 7.34. The van der Waals surface area contributed by atoms with Crippen molar-refractivity contribution in [3.05, 3.63) is 47.9 Å². The molecule has 2 N–H and O–H groups in total. The van der Waals surface area contributed by atoms with Crippen LogP contribution in [-0.4, -0.2) is 23.1 Å². The Balaban J connectivity index is 0.00000139. The van der Waals surface area contributed by atoms with E-state index in [9.17, 15) is 0 Å². The van der Waals surface area contributed by atoms with E-state index in [4.69, 9.17) is 17.0 Å². The van der Waals surface area contributed by atoms with Crippen molar-refractivity contribution in [2.75, 3.05) is 7.11 Å². The van der Waals surface area contributed by atoms with Crippen LogP contribution in [0.2, 0.25) is 0 Å². The van der Waals surface area contributed by atoms with Gasteiger partial charge in [-0.3, -0.25) is 0 Å². The monoisotopic (exact) mass is 345 g/mol. The number of rotatable bonds is 5. The van der Waals surface area contributed by atoms with Crippen molar-refractivity contribution in [2.45, 2.75) is 40.7 Å². The number of thiocarbonyl (C=S) groups is 1. The van der Waals surface area contributed by atoms with Crippen LogP contribution in [0, 0.1) is 6.92 Å². The lowest BCUT2D eigenvalue weighted by molar-refractivity contribution is 0.415. The fourth-order valence-corrected chi connectivity index (χ4v) is 2.44. The molecule has 24 heavy (non-hydrogen) atoms. The Morgan fingerprint density at radius 1 is 1.25 bits per heavy atom. The molecule has 0 aliphatic carbocycles. The van der Waals surface area contributed by atoms with E-state index in [2.05, 4.69) is 22.2 Å². The summed E-state index contributed by atoms with van der Waals surface area (Å²) in [6.45, 7) is 14.0. The highest BCUT2D eigenvalue weighted by atomic mass is 32.1. The van der Waals surface area contributed by atoms with Crippen LogP contribution in [0.4, 0.5) is 0 Å². The predicted molar refractivity (Wildman–Crippen MR) is 107 cm³/mol. The Labute approximate surface area is 150 Å². The van der Waals surface area contributed by atoms with E-state index >= 15 is 0 Å². The minimum atomic E-state index is 0.290. The first kappa shape index (κ1) is 19.9. The van der Waals surface area contributed by atoms with Crippen LogP contribution in [0.1, 0.15) is 39.0 Å². The minimum absolute atomic E-state index is 0.290. The SMILES string of the molecule is C=C(NC(=S)c1cc(C)c2ccc(OC)cc2n1)NC(C)C.CC. The van der Waals surface area contributed by atoms with E-state index in [-0.39, 0.29) is 0 Å². The maximum atomic E-state index is 5.43. The van der Waals surface area contributed by atoms with Gasteiger partial charge in [-0.05, 0) is 44.5 Å². The topological polar surface area (TPSA) is 46.2 Å². The smallest absolute Gasteiger partial charge is 0.130 e. The first-order valence-corrected chi connectivity index (χ1v) is 8.53. The Morgan fingerprint density at radius 2 is 1.92 bits per heavy atom. The highest BCUT2D eigenvalue weighted by Gasteiger charge is 2.09. The number of hydrogen-bond acceptors (Lipinski definition) is 4. The first-order chi connectivity index (χ1) is 11.4. The summed E-state index contributed by atoms with van der Waals surface area (Å²) in [5.41, 5.74) is 2.70. The third-order valence-corrected chi connectivity index (χ3v) is 3.50. The number of hydrogen-bond donors (Lipinski definition) is 2. The quantitative estimate of drug-likeness (QED) is 0.791. The van der Waals surface area contributed by atoms with Crippen molar-refractivity contribution in [2.24, 2.45) is 0 Å². The molecule has 2 aromatic rings. The molecule has 1 heterocycles. The molecule has 0 unspecified atom stereocenters. The molecule has 0 fully saturated rings. The fraction of sp³-hybridized carbons (Fsp3) is 0.368. The van der Waals surface area contributed by atoms with Crippen LogP contribution in [0.5, 0.6) is 5.75 Å². The van der Waals surface area contributed by atoms with Crippen molar-refractivity contribution in [1.29, 1.82) is 0 Å². The molecule has 1 aromatic carbocycles. The van der Waals surface area contributed by atoms with E-state index in [0.717, 1.165) is 27.9 Å². The van der Waals surface area contributed by atoms with E-state index in [1.807, 2.05) is 58.9 Å². The number of fused-ring (bicyclic) bond motifs is 1. The number of nitrogens with one attached hydrogen (secondary N) is 2. The molecule has 0 spiro atoms. The van der Waals surface area contributed by atoms with E-state index in [0.29, 0.717) is 16.9 Å². The molecular weight excluding hydrogens is 318 g/mol. The zero-order valence-electron chi connectivity index (χ0n) is 15.4. The molecule has 5 heteroatoms. The van der Waals surface area contributed by atoms with Crippen LogP contribution in [0.25, 0.3) is 10.9 Å². The van der Waals surface area contributed by atoms with Crippen LogP contribution < -0.4 is 15.4 Å². The van der Waals surface area contributed by atoms with Gasteiger partial charge in [0.2, 0.25) is 0 Å². The molecule has 0 aliphatic heterocycles. The van der Waals surface area contributed by atoms with E-state index in [1.165, 1.54) is 0 Å². The maximum absolute atomic E-state index is 5.43. The molecule has 4 nitrogen and oxygen atoms in total. The van der Waals surface area contributed by atoms with Crippen LogP contribution in [-0.2, 0) is 0 Å². The van der Waals surface area contributed by atoms with E-state index < -0.39 is 0 Å². The number of aryl methyl sites for hydroxylation is 1. The molecule has 0 aliphatic rings. The predicted octanol–water partition coefficient (Wildman–Crippen LogP) is 4.31. The molecule has 0 amide bonds. The highest BCUT2D eigenvalue weighted by molar-refractivity contribution is 7.80. The fourth-order valence-electron chi connectivity index (χ4n) is 2.21. The van der Waals surface area contributed by atoms with Gasteiger partial charge in [0.05, 0.1) is 24.1 Å². The lowest BCUT2D eigenvalue weighted by atomic mass is 10.1. The highest BCUT2D eigenvalue weighted by Crippen LogP contribution is 2.22. The van der Waals surface area contributed by atoms with Gasteiger partial charge < -0.3 is 15.4 Å². The van der Waals surface area contributed by atoms with Gasteiger partial charge in [0, 0.05) is 17.5 Å². The van der Waals surface area contributed by atoms with Crippen LogP contribution in [0.15, 0.2) is 36.7 Å². The van der Waals surface area contributed by atoms with Crippen molar-refractivity contribution >= 4 is 28.1 Å². The minimum Gasteiger partial charge on any atom is -0.497 e. The van der Waals surface area contributed by atoms with Gasteiger partial charge in [-0.25, -0.2) is 4.98 Å². The largest absolute Gasteiger partial charge is 0.497 e. The number of benzene rings is 1. The summed E-state index contributed by atoms with van der Waals surface area (Å²) in [4.78, 5) is 5.17. The third-order valence-electron chi connectivity index (χ3n) is 3.18. The molecule has 0 saturated heterocycles. The Morgan fingerprint density at radius 3 is 2.50 bits per heavy atom. The normalized spacial score (nSPS) is 9.96. The van der Waals surface area contributed by atoms with Gasteiger partial charge in [-0.15, -0.1) is 0 Å². The second kappa shape index (κ2) is 9.23. The zero-order chi connectivity index (χ0) is 18.3. The van der Waals surface area contributed by atoms with Crippen LogP contribution in [0.3, 0.4) is 0 Å². The van der Waals surface area contributed by atoms with Gasteiger partial charge in [0.25, 0.3) is 0 Å². The molecular formula is C19H27N3OS. The molecule has 0 bridgehead atoms. The second-order valence-corrected chi connectivity index (χ2v) is 5.85. The number of methoxy groups -OCH3 is 1. The van der Waals surface area contributed by atoms with Gasteiger partial charge in [-0.1, -0.05) is 32.6 Å². The number of pyridine rings is 1.